The lowest BCUT2D eigenvalue weighted by Crippen LogP contribution is -2.63. The number of amides is 3. The zero-order chi connectivity index (χ0) is 17.5. The van der Waals surface area contributed by atoms with Crippen LogP contribution in [0.2, 0.25) is 0 Å². The van der Waals surface area contributed by atoms with Crippen LogP contribution < -0.4 is 0 Å². The number of piperazine rings is 1. The van der Waals surface area contributed by atoms with Crippen LogP contribution in [-0.4, -0.2) is 90.8 Å². The zero-order valence-corrected chi connectivity index (χ0v) is 14.4. The highest BCUT2D eigenvalue weighted by Crippen LogP contribution is 2.28. The molecule has 0 bridgehead atoms. The van der Waals surface area contributed by atoms with Crippen LogP contribution in [0.3, 0.4) is 0 Å². The molecule has 0 N–H and O–H groups in total. The molecule has 0 radical (unpaired) electrons. The Morgan fingerprint density at radius 1 is 1.17 bits per heavy atom. The molecule has 1 aromatic rings. The molecule has 0 aliphatic carbocycles. The van der Waals surface area contributed by atoms with E-state index in [9.17, 15) is 18.0 Å². The minimum Gasteiger partial charge on any atom is -0.331 e. The molecule has 3 amide bonds. The summed E-state index contributed by atoms with van der Waals surface area (Å²) >= 11 is 0. The Labute approximate surface area is 141 Å². The third-order valence-electron chi connectivity index (χ3n) is 4.47. The molecular weight excluding hydrogens is 332 g/mol. The monoisotopic (exact) mass is 352 g/mol. The van der Waals surface area contributed by atoms with Gasteiger partial charge in [-0.1, -0.05) is 0 Å². The van der Waals surface area contributed by atoms with E-state index in [0.717, 1.165) is 0 Å². The van der Waals surface area contributed by atoms with E-state index in [1.165, 1.54) is 11.1 Å². The molecular formula is C15H20N4O4S. The quantitative estimate of drug-likeness (QED) is 0.691. The second kappa shape index (κ2) is 6.04. The van der Waals surface area contributed by atoms with Gasteiger partial charge in [0.1, 0.15) is 0 Å². The second-order valence-corrected chi connectivity index (χ2v) is 8.48. The van der Waals surface area contributed by atoms with E-state index in [1.54, 1.807) is 42.2 Å². The lowest BCUT2D eigenvalue weighted by atomic mass is 10.0. The van der Waals surface area contributed by atoms with E-state index in [2.05, 4.69) is 4.98 Å². The van der Waals surface area contributed by atoms with Gasteiger partial charge in [0.05, 0.1) is 29.2 Å². The van der Waals surface area contributed by atoms with Crippen molar-refractivity contribution in [1.29, 1.82) is 0 Å². The lowest BCUT2D eigenvalue weighted by molar-refractivity contribution is 0.0393. The second-order valence-electron chi connectivity index (χ2n) is 6.32. The first-order valence-electron chi connectivity index (χ1n) is 7.69. The largest absolute Gasteiger partial charge is 0.331 e. The van der Waals surface area contributed by atoms with Crippen molar-refractivity contribution in [3.8, 4) is 0 Å². The number of urea groups is 1. The Morgan fingerprint density at radius 3 is 2.38 bits per heavy atom. The summed E-state index contributed by atoms with van der Waals surface area (Å²) in [7, 11) is -0.0257. The van der Waals surface area contributed by atoms with Crippen molar-refractivity contribution >= 4 is 21.8 Å². The fourth-order valence-corrected chi connectivity index (χ4v) is 5.34. The smallest absolute Gasteiger partial charge is 0.319 e. The number of hydrogen-bond donors (Lipinski definition) is 0. The molecule has 2 unspecified atom stereocenters. The van der Waals surface area contributed by atoms with E-state index in [4.69, 9.17) is 0 Å². The molecule has 2 saturated heterocycles. The van der Waals surface area contributed by atoms with Crippen molar-refractivity contribution in [3.05, 3.63) is 30.1 Å². The number of sulfone groups is 1. The van der Waals surface area contributed by atoms with Crippen LogP contribution in [-0.2, 0) is 9.84 Å². The van der Waals surface area contributed by atoms with Crippen LogP contribution in [0, 0.1) is 0 Å². The fraction of sp³-hybridized carbons (Fsp3) is 0.533. The maximum atomic E-state index is 12.7. The van der Waals surface area contributed by atoms with Crippen LogP contribution >= 0.6 is 0 Å². The van der Waals surface area contributed by atoms with Crippen molar-refractivity contribution in [3.63, 3.8) is 0 Å². The van der Waals surface area contributed by atoms with E-state index in [-0.39, 0.29) is 23.4 Å². The number of nitrogens with zero attached hydrogens (tertiary/aromatic N) is 4. The summed E-state index contributed by atoms with van der Waals surface area (Å²) in [5, 5.41) is 0. The average Bonchev–Trinajstić information content (AvgIpc) is 2.88. The topological polar surface area (TPSA) is 90.9 Å². The molecule has 3 heterocycles. The average molecular weight is 352 g/mol. The van der Waals surface area contributed by atoms with E-state index in [1.807, 2.05) is 0 Å². The van der Waals surface area contributed by atoms with Gasteiger partial charge in [-0.2, -0.15) is 0 Å². The normalized spacial score (nSPS) is 25.2. The number of aromatic nitrogens is 1. The number of hydrogen-bond acceptors (Lipinski definition) is 5. The first kappa shape index (κ1) is 16.7. The molecule has 24 heavy (non-hydrogen) atoms. The molecule has 3 rings (SSSR count). The molecule has 2 aliphatic heterocycles. The maximum absolute atomic E-state index is 12.7. The summed E-state index contributed by atoms with van der Waals surface area (Å²) in [5.41, 5.74) is 0.424. The Morgan fingerprint density at radius 2 is 1.79 bits per heavy atom. The molecule has 2 fully saturated rings. The highest BCUT2D eigenvalue weighted by Gasteiger charge is 2.49. The van der Waals surface area contributed by atoms with Gasteiger partial charge in [0, 0.05) is 39.6 Å². The zero-order valence-electron chi connectivity index (χ0n) is 13.6. The van der Waals surface area contributed by atoms with E-state index in [0.29, 0.717) is 18.7 Å². The molecule has 0 spiro atoms. The summed E-state index contributed by atoms with van der Waals surface area (Å²) in [6.45, 7) is 0.629. The van der Waals surface area contributed by atoms with Gasteiger partial charge in [-0.05, 0) is 12.1 Å². The molecule has 2 aliphatic rings. The highest BCUT2D eigenvalue weighted by molar-refractivity contribution is 7.91. The predicted molar refractivity (Wildman–Crippen MR) is 87.3 cm³/mol. The van der Waals surface area contributed by atoms with Gasteiger partial charge < -0.3 is 14.7 Å². The van der Waals surface area contributed by atoms with Gasteiger partial charge in [-0.25, -0.2) is 13.2 Å². The minimum atomic E-state index is -3.29. The number of fused-ring (bicyclic) bond motifs is 1. The molecule has 0 saturated carbocycles. The molecule has 8 nitrogen and oxygen atoms in total. The van der Waals surface area contributed by atoms with Gasteiger partial charge in [0.2, 0.25) is 0 Å². The standard InChI is InChI=1S/C15H20N4O4S/c1-17(2)15(21)19-7-6-18(12-9-24(22,23)10-13(12)19)14(20)11-4-3-5-16-8-11/h3-5,8,12-13H,6-7,9-10H2,1-2H3. The van der Waals surface area contributed by atoms with Gasteiger partial charge in [-0.3, -0.25) is 9.78 Å². The molecule has 2 atom stereocenters. The predicted octanol–water partition coefficient (Wildman–Crippen LogP) is -0.313. The van der Waals surface area contributed by atoms with Gasteiger partial charge in [0.15, 0.2) is 9.84 Å². The van der Waals surface area contributed by atoms with Crippen molar-refractivity contribution in [2.24, 2.45) is 0 Å². The van der Waals surface area contributed by atoms with Crippen LogP contribution in [0.15, 0.2) is 24.5 Å². The van der Waals surface area contributed by atoms with Crippen LogP contribution in [0.1, 0.15) is 10.4 Å². The highest BCUT2D eigenvalue weighted by atomic mass is 32.2. The molecule has 0 aromatic carbocycles. The Kier molecular flexibility index (Phi) is 4.20. The summed E-state index contributed by atoms with van der Waals surface area (Å²) in [5.74, 6) is -0.457. The van der Waals surface area contributed by atoms with Crippen LogP contribution in [0.4, 0.5) is 4.79 Å². The summed E-state index contributed by atoms with van der Waals surface area (Å²) < 4.78 is 24.3. The van der Waals surface area contributed by atoms with Gasteiger partial charge >= 0.3 is 6.03 Å². The van der Waals surface area contributed by atoms with E-state index < -0.39 is 21.9 Å². The molecule has 1 aromatic heterocycles. The number of rotatable bonds is 1. The number of carbonyl (C=O) groups excluding carboxylic acids is 2. The SMILES string of the molecule is CN(C)C(=O)N1CCN(C(=O)c2cccnc2)C2CS(=O)(=O)CC21. The van der Waals surface area contributed by atoms with Crippen molar-refractivity contribution < 1.29 is 18.0 Å². The first-order chi connectivity index (χ1) is 11.3. The Bertz CT molecular complexity index is 750. The fourth-order valence-electron chi connectivity index (χ4n) is 3.35. The first-order valence-corrected chi connectivity index (χ1v) is 9.51. The molecule has 130 valence electrons. The third-order valence-corrected chi connectivity index (χ3v) is 6.17. The van der Waals surface area contributed by atoms with Crippen molar-refractivity contribution in [2.75, 3.05) is 38.7 Å². The number of pyridine rings is 1. The van der Waals surface area contributed by atoms with Crippen LogP contribution in [0.25, 0.3) is 0 Å². The molecule has 9 heteroatoms. The lowest BCUT2D eigenvalue weighted by Gasteiger charge is -2.44. The Balaban J connectivity index is 1.90. The number of carbonyl (C=O) groups is 2. The van der Waals surface area contributed by atoms with Crippen LogP contribution in [0.5, 0.6) is 0 Å². The summed E-state index contributed by atoms with van der Waals surface area (Å²) in [6.07, 6.45) is 3.05. The third kappa shape index (κ3) is 2.95. The maximum Gasteiger partial charge on any atom is 0.319 e. The van der Waals surface area contributed by atoms with Crippen molar-refractivity contribution in [1.82, 2.24) is 19.7 Å². The summed E-state index contributed by atoms with van der Waals surface area (Å²) in [6, 6.07) is 2.09. The summed E-state index contributed by atoms with van der Waals surface area (Å²) in [4.78, 5) is 33.6. The van der Waals surface area contributed by atoms with Crippen molar-refractivity contribution in [2.45, 2.75) is 12.1 Å². The van der Waals surface area contributed by atoms with E-state index >= 15 is 0 Å². The minimum absolute atomic E-state index is 0.103. The Hall–Kier alpha value is -2.16. The van der Waals surface area contributed by atoms with Gasteiger partial charge in [-0.15, -0.1) is 0 Å². The van der Waals surface area contributed by atoms with Gasteiger partial charge in [0.25, 0.3) is 5.91 Å².